The molecule has 0 heterocycles. The normalized spacial score (nSPS) is 10.5. The lowest BCUT2D eigenvalue weighted by Gasteiger charge is -2.11. The molecule has 0 aromatic heterocycles. The molecule has 0 atom stereocenters. The lowest BCUT2D eigenvalue weighted by atomic mass is 10.2. The van der Waals surface area contributed by atoms with Gasteiger partial charge in [-0.1, -0.05) is 25.0 Å². The zero-order chi connectivity index (χ0) is 14.5. The highest BCUT2D eigenvalue weighted by molar-refractivity contribution is 6.17. The maximum Gasteiger partial charge on any atom is 0.161 e. The predicted octanol–water partition coefficient (Wildman–Crippen LogP) is 3.85. The molecule has 114 valence electrons. The number of halogens is 1. The summed E-state index contributed by atoms with van der Waals surface area (Å²) in [5.74, 6) is 2.41. The Morgan fingerprint density at radius 1 is 0.950 bits per heavy atom. The summed E-state index contributed by atoms with van der Waals surface area (Å²) < 4.78 is 11.2. The largest absolute Gasteiger partial charge is 0.490 e. The maximum atomic E-state index is 5.73. The van der Waals surface area contributed by atoms with Crippen LogP contribution in [0.1, 0.15) is 32.6 Å². The van der Waals surface area contributed by atoms with Crippen LogP contribution >= 0.6 is 11.6 Å². The first kappa shape index (κ1) is 17.1. The summed E-state index contributed by atoms with van der Waals surface area (Å²) >= 11 is 5.63. The maximum absolute atomic E-state index is 5.73. The second-order valence-electron chi connectivity index (χ2n) is 4.58. The Bertz CT molecular complexity index is 347. The number of hydrogen-bond acceptors (Lipinski definition) is 3. The van der Waals surface area contributed by atoms with Crippen molar-refractivity contribution in [1.29, 1.82) is 0 Å². The summed E-state index contributed by atoms with van der Waals surface area (Å²) in [4.78, 5) is 0. The van der Waals surface area contributed by atoms with Crippen LogP contribution in [0.3, 0.4) is 0 Å². The average molecular weight is 300 g/mol. The molecule has 3 nitrogen and oxygen atoms in total. The number of alkyl halides is 1. The van der Waals surface area contributed by atoms with Crippen LogP contribution < -0.4 is 14.8 Å². The quantitative estimate of drug-likeness (QED) is 0.470. The Kier molecular flexibility index (Phi) is 10.2. The zero-order valence-electron chi connectivity index (χ0n) is 12.4. The third-order valence-corrected chi connectivity index (χ3v) is 3.19. The Morgan fingerprint density at radius 3 is 2.35 bits per heavy atom. The molecule has 0 aliphatic heterocycles. The van der Waals surface area contributed by atoms with Crippen LogP contribution in [0.25, 0.3) is 0 Å². The Hall–Kier alpha value is -0.930. The van der Waals surface area contributed by atoms with Crippen molar-refractivity contribution in [3.8, 4) is 11.5 Å². The van der Waals surface area contributed by atoms with Crippen molar-refractivity contribution in [1.82, 2.24) is 5.32 Å². The van der Waals surface area contributed by atoms with E-state index in [9.17, 15) is 0 Å². The molecule has 1 aromatic carbocycles. The molecule has 0 amide bonds. The minimum atomic E-state index is 0.654. The highest BCUT2D eigenvalue weighted by atomic mass is 35.5. The van der Waals surface area contributed by atoms with E-state index in [2.05, 4.69) is 5.32 Å². The van der Waals surface area contributed by atoms with Crippen molar-refractivity contribution < 1.29 is 9.47 Å². The molecule has 0 unspecified atom stereocenters. The third kappa shape index (κ3) is 7.61. The monoisotopic (exact) mass is 299 g/mol. The van der Waals surface area contributed by atoms with Crippen LogP contribution in [-0.4, -0.2) is 32.2 Å². The molecule has 0 fully saturated rings. The summed E-state index contributed by atoms with van der Waals surface area (Å²) in [6.07, 6.45) is 4.79. The predicted molar refractivity (Wildman–Crippen MR) is 85.2 cm³/mol. The molecule has 0 saturated heterocycles. The summed E-state index contributed by atoms with van der Waals surface area (Å²) in [6, 6.07) is 7.79. The van der Waals surface area contributed by atoms with Crippen molar-refractivity contribution in [2.45, 2.75) is 32.6 Å². The summed E-state index contributed by atoms with van der Waals surface area (Å²) in [6.45, 7) is 5.18. The van der Waals surface area contributed by atoms with Gasteiger partial charge in [0.25, 0.3) is 0 Å². The van der Waals surface area contributed by atoms with Crippen LogP contribution in [0.2, 0.25) is 0 Å². The molecular formula is C16H26ClNO2. The molecule has 0 spiro atoms. The molecule has 0 saturated carbocycles. The summed E-state index contributed by atoms with van der Waals surface area (Å²) in [5.41, 5.74) is 0. The molecular weight excluding hydrogens is 274 g/mol. The van der Waals surface area contributed by atoms with Crippen LogP contribution in [0.15, 0.2) is 24.3 Å². The highest BCUT2D eigenvalue weighted by Crippen LogP contribution is 2.25. The topological polar surface area (TPSA) is 30.5 Å². The van der Waals surface area contributed by atoms with Crippen LogP contribution in [-0.2, 0) is 0 Å². The van der Waals surface area contributed by atoms with E-state index in [4.69, 9.17) is 21.1 Å². The van der Waals surface area contributed by atoms with E-state index >= 15 is 0 Å². The first-order valence-electron chi connectivity index (χ1n) is 7.49. The third-order valence-electron chi connectivity index (χ3n) is 2.92. The number of benzene rings is 1. The van der Waals surface area contributed by atoms with Crippen molar-refractivity contribution in [2.24, 2.45) is 0 Å². The highest BCUT2D eigenvalue weighted by Gasteiger charge is 2.02. The molecule has 0 radical (unpaired) electrons. The lowest BCUT2D eigenvalue weighted by Crippen LogP contribution is -2.22. The van der Waals surface area contributed by atoms with Gasteiger partial charge in [-0.2, -0.15) is 0 Å². The lowest BCUT2D eigenvalue weighted by molar-refractivity contribution is 0.275. The minimum absolute atomic E-state index is 0.654. The van der Waals surface area contributed by atoms with Crippen molar-refractivity contribution in [3.05, 3.63) is 24.3 Å². The van der Waals surface area contributed by atoms with Gasteiger partial charge in [-0.3, -0.25) is 0 Å². The second kappa shape index (κ2) is 11.9. The van der Waals surface area contributed by atoms with Gasteiger partial charge in [0, 0.05) is 12.4 Å². The van der Waals surface area contributed by atoms with E-state index in [-0.39, 0.29) is 0 Å². The minimum Gasteiger partial charge on any atom is -0.490 e. The van der Waals surface area contributed by atoms with Crippen LogP contribution in [0, 0.1) is 0 Å². The Morgan fingerprint density at radius 2 is 1.65 bits per heavy atom. The summed E-state index contributed by atoms with van der Waals surface area (Å²) in [7, 11) is 0. The molecule has 4 heteroatoms. The van der Waals surface area contributed by atoms with Gasteiger partial charge in [-0.25, -0.2) is 0 Å². The van der Waals surface area contributed by atoms with Crippen LogP contribution in [0.4, 0.5) is 0 Å². The van der Waals surface area contributed by atoms with Gasteiger partial charge in [-0.15, -0.1) is 11.6 Å². The van der Waals surface area contributed by atoms with Gasteiger partial charge < -0.3 is 14.8 Å². The summed E-state index contributed by atoms with van der Waals surface area (Å²) in [5, 5.41) is 3.39. The fourth-order valence-electron chi connectivity index (χ4n) is 1.90. The van der Waals surface area contributed by atoms with E-state index < -0.39 is 0 Å². The number of ether oxygens (including phenoxy) is 2. The average Bonchev–Trinajstić information content (AvgIpc) is 2.47. The van der Waals surface area contributed by atoms with Gasteiger partial charge in [0.15, 0.2) is 11.5 Å². The number of rotatable bonds is 12. The Balaban J connectivity index is 2.06. The Labute approximate surface area is 127 Å². The van der Waals surface area contributed by atoms with Gasteiger partial charge in [-0.05, 0) is 38.4 Å². The van der Waals surface area contributed by atoms with Crippen LogP contribution in [0.5, 0.6) is 11.5 Å². The van der Waals surface area contributed by atoms with E-state index in [0.29, 0.717) is 13.2 Å². The van der Waals surface area contributed by atoms with E-state index in [1.165, 1.54) is 19.3 Å². The fourth-order valence-corrected chi connectivity index (χ4v) is 2.09. The van der Waals surface area contributed by atoms with Crippen molar-refractivity contribution >= 4 is 11.6 Å². The van der Waals surface area contributed by atoms with E-state index in [1.807, 2.05) is 31.2 Å². The first-order valence-corrected chi connectivity index (χ1v) is 8.03. The van der Waals surface area contributed by atoms with E-state index in [1.54, 1.807) is 0 Å². The smallest absolute Gasteiger partial charge is 0.161 e. The SMILES string of the molecule is CCOc1ccccc1OCCNCCCCCCCl. The molecule has 0 aliphatic rings. The van der Waals surface area contributed by atoms with Gasteiger partial charge >= 0.3 is 0 Å². The molecule has 1 N–H and O–H groups in total. The number of nitrogens with one attached hydrogen (secondary N) is 1. The second-order valence-corrected chi connectivity index (χ2v) is 4.96. The van der Waals surface area contributed by atoms with Crippen molar-refractivity contribution in [2.75, 3.05) is 32.2 Å². The van der Waals surface area contributed by atoms with Gasteiger partial charge in [0.1, 0.15) is 6.61 Å². The standard InChI is InChI=1S/C16H26ClNO2/c1-2-19-15-9-5-6-10-16(15)20-14-13-18-12-8-4-3-7-11-17/h5-6,9-10,18H,2-4,7-8,11-14H2,1H3. The van der Waals surface area contributed by atoms with Crippen molar-refractivity contribution in [3.63, 3.8) is 0 Å². The number of hydrogen-bond donors (Lipinski definition) is 1. The van der Waals surface area contributed by atoms with Gasteiger partial charge in [0.05, 0.1) is 6.61 Å². The number of para-hydroxylation sites is 2. The molecule has 20 heavy (non-hydrogen) atoms. The molecule has 1 rings (SSSR count). The molecule has 1 aromatic rings. The molecule has 0 bridgehead atoms. The van der Waals surface area contributed by atoms with E-state index in [0.717, 1.165) is 36.9 Å². The molecule has 0 aliphatic carbocycles. The van der Waals surface area contributed by atoms with Gasteiger partial charge in [0.2, 0.25) is 0 Å². The first-order chi connectivity index (χ1) is 9.88. The fraction of sp³-hybridized carbons (Fsp3) is 0.625. The number of unbranched alkanes of at least 4 members (excludes halogenated alkanes) is 3. The zero-order valence-corrected chi connectivity index (χ0v) is 13.1.